The van der Waals surface area contributed by atoms with E-state index < -0.39 is 0 Å². The normalized spacial score (nSPS) is 10.8. The first-order valence-corrected chi connectivity index (χ1v) is 6.11. The number of nitrogens with zero attached hydrogens (tertiary/aromatic N) is 2. The Morgan fingerprint density at radius 1 is 1.50 bits per heavy atom. The molecule has 3 nitrogen and oxygen atoms in total. The Morgan fingerprint density at radius 2 is 2.31 bits per heavy atom. The van der Waals surface area contributed by atoms with E-state index in [-0.39, 0.29) is 0 Å². The van der Waals surface area contributed by atoms with Crippen molar-refractivity contribution < 1.29 is 4.74 Å². The molecule has 0 bridgehead atoms. The lowest BCUT2D eigenvalue weighted by atomic mass is 10.2. The number of rotatable bonds is 7. The van der Waals surface area contributed by atoms with Crippen molar-refractivity contribution >= 4 is 11.6 Å². The Labute approximate surface area is 102 Å². The summed E-state index contributed by atoms with van der Waals surface area (Å²) < 4.78 is 5.23. The number of hydrogen-bond donors (Lipinski definition) is 0. The van der Waals surface area contributed by atoms with Crippen LogP contribution >= 0.6 is 11.6 Å². The van der Waals surface area contributed by atoms with Gasteiger partial charge in [-0.25, -0.2) is 4.98 Å². The van der Waals surface area contributed by atoms with Gasteiger partial charge < -0.3 is 4.74 Å². The lowest BCUT2D eigenvalue weighted by molar-refractivity contribution is 0.274. The Kier molecular flexibility index (Phi) is 6.19. The van der Waals surface area contributed by atoms with Crippen molar-refractivity contribution in [1.29, 1.82) is 0 Å². The van der Waals surface area contributed by atoms with Gasteiger partial charge in [-0.05, 0) is 25.6 Å². The minimum atomic E-state index is 0.709. The van der Waals surface area contributed by atoms with Gasteiger partial charge in [0.15, 0.2) is 0 Å². The van der Waals surface area contributed by atoms with E-state index in [1.54, 1.807) is 13.3 Å². The molecule has 0 atom stereocenters. The first-order valence-electron chi connectivity index (χ1n) is 5.58. The molecule has 0 fully saturated rings. The molecule has 1 heterocycles. The van der Waals surface area contributed by atoms with Crippen LogP contribution in [-0.4, -0.2) is 36.0 Å². The van der Waals surface area contributed by atoms with Crippen molar-refractivity contribution in [3.8, 4) is 5.88 Å². The molecule has 0 saturated heterocycles. The number of halogens is 1. The summed E-state index contributed by atoms with van der Waals surface area (Å²) in [7, 11) is 1.65. The highest BCUT2D eigenvalue weighted by atomic mass is 35.5. The van der Waals surface area contributed by atoms with Gasteiger partial charge in [0.2, 0.25) is 5.88 Å². The summed E-state index contributed by atoms with van der Waals surface area (Å²) >= 11 is 5.70. The summed E-state index contributed by atoms with van der Waals surface area (Å²) in [6.07, 6.45) is 2.76. The standard InChI is InChI=1S/C12H19ClN2O/c1-3-15(9-5-7-13)10-11-6-4-8-14-12(11)16-2/h4,6,8H,3,5,7,9-10H2,1-2H3. The molecule has 4 heteroatoms. The molecule has 0 saturated carbocycles. The average Bonchev–Trinajstić information content (AvgIpc) is 2.34. The van der Waals surface area contributed by atoms with Crippen LogP contribution in [0.25, 0.3) is 0 Å². The van der Waals surface area contributed by atoms with E-state index in [1.165, 1.54) is 0 Å². The number of methoxy groups -OCH3 is 1. The van der Waals surface area contributed by atoms with E-state index >= 15 is 0 Å². The van der Waals surface area contributed by atoms with Crippen LogP contribution in [-0.2, 0) is 6.54 Å². The van der Waals surface area contributed by atoms with Crippen molar-refractivity contribution in [1.82, 2.24) is 9.88 Å². The van der Waals surface area contributed by atoms with Crippen molar-refractivity contribution in [3.05, 3.63) is 23.9 Å². The van der Waals surface area contributed by atoms with Gasteiger partial charge in [0.1, 0.15) is 0 Å². The van der Waals surface area contributed by atoms with Gasteiger partial charge in [0.05, 0.1) is 7.11 Å². The number of ether oxygens (including phenoxy) is 1. The van der Waals surface area contributed by atoms with Gasteiger partial charge in [-0.15, -0.1) is 11.6 Å². The summed E-state index contributed by atoms with van der Waals surface area (Å²) in [5.41, 5.74) is 1.13. The molecule has 0 aliphatic rings. The van der Waals surface area contributed by atoms with Gasteiger partial charge in [-0.3, -0.25) is 4.90 Å². The zero-order valence-electron chi connectivity index (χ0n) is 9.95. The van der Waals surface area contributed by atoms with Crippen LogP contribution in [0.2, 0.25) is 0 Å². The molecule has 0 amide bonds. The van der Waals surface area contributed by atoms with Crippen LogP contribution in [0.1, 0.15) is 18.9 Å². The topological polar surface area (TPSA) is 25.4 Å². The average molecular weight is 243 g/mol. The Morgan fingerprint density at radius 3 is 2.94 bits per heavy atom. The molecule has 0 N–H and O–H groups in total. The maximum Gasteiger partial charge on any atom is 0.217 e. The summed E-state index contributed by atoms with van der Waals surface area (Å²) in [4.78, 5) is 6.53. The first kappa shape index (κ1) is 13.3. The Bertz CT molecular complexity index is 307. The first-order chi connectivity index (χ1) is 7.81. The van der Waals surface area contributed by atoms with E-state index in [9.17, 15) is 0 Å². The van der Waals surface area contributed by atoms with Gasteiger partial charge in [0.25, 0.3) is 0 Å². The van der Waals surface area contributed by atoms with Gasteiger partial charge in [-0.2, -0.15) is 0 Å². The number of aromatic nitrogens is 1. The molecular weight excluding hydrogens is 224 g/mol. The van der Waals surface area contributed by atoms with Crippen LogP contribution in [0.4, 0.5) is 0 Å². The van der Waals surface area contributed by atoms with Crippen molar-refractivity contribution in [2.45, 2.75) is 19.9 Å². The summed E-state index contributed by atoms with van der Waals surface area (Å²) in [5, 5.41) is 0. The predicted molar refractivity (Wildman–Crippen MR) is 67.1 cm³/mol. The Balaban J connectivity index is 2.62. The summed E-state index contributed by atoms with van der Waals surface area (Å²) in [6, 6.07) is 3.99. The van der Waals surface area contributed by atoms with E-state index in [4.69, 9.17) is 16.3 Å². The van der Waals surface area contributed by atoms with E-state index in [2.05, 4.69) is 22.9 Å². The molecular formula is C12H19ClN2O. The fourth-order valence-electron chi connectivity index (χ4n) is 1.60. The van der Waals surface area contributed by atoms with Crippen LogP contribution in [0.15, 0.2) is 18.3 Å². The third kappa shape index (κ3) is 3.99. The zero-order valence-corrected chi connectivity index (χ0v) is 10.7. The molecule has 0 spiro atoms. The number of alkyl halides is 1. The largest absolute Gasteiger partial charge is 0.481 e. The molecule has 0 radical (unpaired) electrons. The highest BCUT2D eigenvalue weighted by Crippen LogP contribution is 2.16. The quantitative estimate of drug-likeness (QED) is 0.687. The molecule has 1 aromatic rings. The molecule has 1 rings (SSSR count). The maximum absolute atomic E-state index is 5.70. The lowest BCUT2D eigenvalue weighted by Gasteiger charge is -2.20. The number of pyridine rings is 1. The predicted octanol–water partition coefficient (Wildman–Crippen LogP) is 2.54. The van der Waals surface area contributed by atoms with Crippen molar-refractivity contribution in [3.63, 3.8) is 0 Å². The third-order valence-corrected chi connectivity index (χ3v) is 2.76. The smallest absolute Gasteiger partial charge is 0.217 e. The zero-order chi connectivity index (χ0) is 11.8. The fraction of sp³-hybridized carbons (Fsp3) is 0.583. The molecule has 1 aromatic heterocycles. The van der Waals surface area contributed by atoms with Crippen molar-refractivity contribution in [2.24, 2.45) is 0 Å². The van der Waals surface area contributed by atoms with E-state index in [0.29, 0.717) is 11.8 Å². The maximum atomic E-state index is 5.70. The van der Waals surface area contributed by atoms with E-state index in [1.807, 2.05) is 6.07 Å². The number of hydrogen-bond acceptors (Lipinski definition) is 3. The monoisotopic (exact) mass is 242 g/mol. The van der Waals surface area contributed by atoms with Gasteiger partial charge in [-0.1, -0.05) is 13.0 Å². The second-order valence-electron chi connectivity index (χ2n) is 3.58. The molecule has 0 aliphatic carbocycles. The highest BCUT2D eigenvalue weighted by Gasteiger charge is 2.08. The molecule has 16 heavy (non-hydrogen) atoms. The molecule has 90 valence electrons. The second kappa shape index (κ2) is 7.47. The van der Waals surface area contributed by atoms with Gasteiger partial charge in [0, 0.05) is 24.2 Å². The lowest BCUT2D eigenvalue weighted by Crippen LogP contribution is -2.24. The minimum absolute atomic E-state index is 0.709. The highest BCUT2D eigenvalue weighted by molar-refractivity contribution is 6.17. The van der Waals surface area contributed by atoms with Gasteiger partial charge >= 0.3 is 0 Å². The fourth-order valence-corrected chi connectivity index (χ4v) is 1.72. The second-order valence-corrected chi connectivity index (χ2v) is 3.96. The van der Waals surface area contributed by atoms with Crippen LogP contribution in [0.5, 0.6) is 5.88 Å². The van der Waals surface area contributed by atoms with E-state index in [0.717, 1.165) is 31.6 Å². The molecule has 0 unspecified atom stereocenters. The molecule has 0 aromatic carbocycles. The van der Waals surface area contributed by atoms with Crippen LogP contribution < -0.4 is 4.74 Å². The van der Waals surface area contributed by atoms with Crippen molar-refractivity contribution in [2.75, 3.05) is 26.1 Å². The SMILES string of the molecule is CCN(CCCCl)Cc1cccnc1OC. The van der Waals surface area contributed by atoms with Crippen LogP contribution in [0.3, 0.4) is 0 Å². The minimum Gasteiger partial charge on any atom is -0.481 e. The summed E-state index contributed by atoms with van der Waals surface area (Å²) in [6.45, 7) is 5.04. The third-order valence-electron chi connectivity index (χ3n) is 2.49. The summed E-state index contributed by atoms with van der Waals surface area (Å²) in [5.74, 6) is 1.42. The van der Waals surface area contributed by atoms with Crippen LogP contribution in [0, 0.1) is 0 Å². The molecule has 0 aliphatic heterocycles. The Hall–Kier alpha value is -0.800.